The van der Waals surface area contributed by atoms with E-state index in [1.807, 2.05) is 0 Å². The highest BCUT2D eigenvalue weighted by Gasteiger charge is 2.48. The summed E-state index contributed by atoms with van der Waals surface area (Å²) in [5.41, 5.74) is 16.5. The van der Waals surface area contributed by atoms with Crippen LogP contribution in [0.1, 0.15) is 47.2 Å². The van der Waals surface area contributed by atoms with Crippen LogP contribution in [0.3, 0.4) is 0 Å². The second kappa shape index (κ2) is 10.6. The van der Waals surface area contributed by atoms with Gasteiger partial charge in [-0.25, -0.2) is 0 Å². The Kier molecular flexibility index (Phi) is 6.28. The molecule has 0 amide bonds. The first-order chi connectivity index (χ1) is 24.7. The van der Waals surface area contributed by atoms with Gasteiger partial charge in [-0.15, -0.1) is 0 Å². The largest absolute Gasteiger partial charge is 0.458 e. The number of ether oxygens (including phenoxy) is 2. The van der Waals surface area contributed by atoms with Gasteiger partial charge in [0, 0.05) is 33.2 Å². The standard InChI is InChI=1S/C47H38BNO2/c1-27-11-17-31(18-12-27)49(32-19-13-28(2)14-20-32)39-26-36-43(34-10-8-7-9-33(34)39)35-25-42-45-46(44(35)47(36,5)6)51-41-22-16-30(4)24-38(41)48(45)37-23-29(3)15-21-40(37)50-42/h7-26H,1-6H3. The van der Waals surface area contributed by atoms with Crippen molar-refractivity contribution in [3.05, 3.63) is 155 Å². The lowest BCUT2D eigenvalue weighted by atomic mass is 9.34. The third-order valence-corrected chi connectivity index (χ3v) is 11.4. The second-order valence-electron chi connectivity index (χ2n) is 15.3. The van der Waals surface area contributed by atoms with E-state index in [0.29, 0.717) is 0 Å². The van der Waals surface area contributed by atoms with Crippen molar-refractivity contribution in [3.8, 4) is 34.1 Å². The predicted molar refractivity (Wildman–Crippen MR) is 213 cm³/mol. The molecule has 3 aliphatic rings. The zero-order valence-corrected chi connectivity index (χ0v) is 29.9. The van der Waals surface area contributed by atoms with Crippen LogP contribution < -0.4 is 30.8 Å². The highest BCUT2D eigenvalue weighted by Crippen LogP contribution is 2.58. The number of hydrogen-bond acceptors (Lipinski definition) is 3. The molecule has 0 N–H and O–H groups in total. The Morgan fingerprint density at radius 2 is 1.10 bits per heavy atom. The van der Waals surface area contributed by atoms with Gasteiger partial charge in [0.2, 0.25) is 0 Å². The summed E-state index contributed by atoms with van der Waals surface area (Å²) in [6.45, 7) is 13.4. The number of aryl methyl sites for hydroxylation is 4. The molecule has 0 saturated heterocycles. The van der Waals surface area contributed by atoms with Gasteiger partial charge >= 0.3 is 0 Å². The fourth-order valence-corrected chi connectivity index (χ4v) is 8.89. The van der Waals surface area contributed by atoms with E-state index in [2.05, 4.69) is 168 Å². The smallest absolute Gasteiger partial charge is 0.260 e. The maximum absolute atomic E-state index is 7.09. The molecule has 0 atom stereocenters. The van der Waals surface area contributed by atoms with Crippen molar-refractivity contribution < 1.29 is 9.47 Å². The molecule has 7 aromatic rings. The average Bonchev–Trinajstić information content (AvgIpc) is 3.35. The number of fused-ring (bicyclic) bond motifs is 10. The average molecular weight is 660 g/mol. The Morgan fingerprint density at radius 1 is 0.549 bits per heavy atom. The zero-order valence-electron chi connectivity index (χ0n) is 29.9. The Bertz CT molecular complexity index is 2540. The third kappa shape index (κ3) is 4.32. The Hall–Kier alpha value is -5.74. The lowest BCUT2D eigenvalue weighted by molar-refractivity contribution is 0.453. The van der Waals surface area contributed by atoms with Crippen molar-refractivity contribution >= 4 is 50.9 Å². The summed E-state index contributed by atoms with van der Waals surface area (Å²) in [5.74, 6) is 3.67. The summed E-state index contributed by atoms with van der Waals surface area (Å²) >= 11 is 0. The lowest BCUT2D eigenvalue weighted by Gasteiger charge is -2.36. The summed E-state index contributed by atoms with van der Waals surface area (Å²) in [6, 6.07) is 44.6. The van der Waals surface area contributed by atoms with Crippen LogP contribution in [0.2, 0.25) is 0 Å². The Balaban J connectivity index is 1.26. The van der Waals surface area contributed by atoms with Gasteiger partial charge in [0.25, 0.3) is 6.71 Å². The molecule has 4 heteroatoms. The molecule has 0 saturated carbocycles. The molecule has 0 fully saturated rings. The van der Waals surface area contributed by atoms with Crippen LogP contribution >= 0.6 is 0 Å². The van der Waals surface area contributed by atoms with E-state index in [9.17, 15) is 0 Å². The van der Waals surface area contributed by atoms with Gasteiger partial charge in [0.15, 0.2) is 0 Å². The number of benzene rings is 7. The van der Waals surface area contributed by atoms with Crippen molar-refractivity contribution in [2.24, 2.45) is 0 Å². The van der Waals surface area contributed by atoms with Crippen LogP contribution in [0, 0.1) is 27.7 Å². The zero-order chi connectivity index (χ0) is 34.8. The van der Waals surface area contributed by atoms with Crippen molar-refractivity contribution in [2.75, 3.05) is 4.90 Å². The first kappa shape index (κ1) is 30.1. The molecule has 2 aliphatic heterocycles. The molecular formula is C47H38BNO2. The van der Waals surface area contributed by atoms with E-state index in [1.54, 1.807) is 0 Å². The molecule has 1 aliphatic carbocycles. The van der Waals surface area contributed by atoms with Crippen LogP contribution in [0.15, 0.2) is 121 Å². The van der Waals surface area contributed by atoms with Gasteiger partial charge in [-0.3, -0.25) is 0 Å². The molecule has 0 unspecified atom stereocenters. The Morgan fingerprint density at radius 3 is 1.71 bits per heavy atom. The molecule has 0 bridgehead atoms. The molecule has 51 heavy (non-hydrogen) atoms. The van der Waals surface area contributed by atoms with Crippen LogP contribution in [0.5, 0.6) is 23.0 Å². The Labute approximate surface area is 300 Å². The van der Waals surface area contributed by atoms with Crippen molar-refractivity contribution in [1.29, 1.82) is 0 Å². The summed E-state index contributed by atoms with van der Waals surface area (Å²) in [6.07, 6.45) is 0. The van der Waals surface area contributed by atoms with E-state index in [1.165, 1.54) is 66.2 Å². The number of anilines is 3. The fourth-order valence-electron chi connectivity index (χ4n) is 8.89. The van der Waals surface area contributed by atoms with Crippen molar-refractivity contribution in [2.45, 2.75) is 47.0 Å². The molecule has 2 heterocycles. The maximum Gasteiger partial charge on any atom is 0.260 e. The van der Waals surface area contributed by atoms with Crippen LogP contribution in [-0.4, -0.2) is 6.71 Å². The van der Waals surface area contributed by atoms with E-state index >= 15 is 0 Å². The van der Waals surface area contributed by atoms with Crippen molar-refractivity contribution in [1.82, 2.24) is 0 Å². The van der Waals surface area contributed by atoms with E-state index < -0.39 is 0 Å². The third-order valence-electron chi connectivity index (χ3n) is 11.4. The monoisotopic (exact) mass is 659 g/mol. The molecule has 3 nitrogen and oxygen atoms in total. The summed E-state index contributed by atoms with van der Waals surface area (Å²) in [7, 11) is 0. The van der Waals surface area contributed by atoms with E-state index in [4.69, 9.17) is 9.47 Å². The molecule has 246 valence electrons. The summed E-state index contributed by atoms with van der Waals surface area (Å²) < 4.78 is 13.9. The topological polar surface area (TPSA) is 21.7 Å². The van der Waals surface area contributed by atoms with Gasteiger partial charge < -0.3 is 14.4 Å². The fraction of sp³-hybridized carbons (Fsp3) is 0.149. The van der Waals surface area contributed by atoms with Gasteiger partial charge in [0.1, 0.15) is 23.0 Å². The van der Waals surface area contributed by atoms with Crippen LogP contribution in [-0.2, 0) is 5.41 Å². The maximum atomic E-state index is 7.09. The van der Waals surface area contributed by atoms with Crippen LogP contribution in [0.25, 0.3) is 21.9 Å². The highest BCUT2D eigenvalue weighted by atomic mass is 16.5. The van der Waals surface area contributed by atoms with Crippen molar-refractivity contribution in [3.63, 3.8) is 0 Å². The summed E-state index contributed by atoms with van der Waals surface area (Å²) in [4.78, 5) is 2.42. The van der Waals surface area contributed by atoms with Gasteiger partial charge in [-0.2, -0.15) is 0 Å². The number of rotatable bonds is 3. The van der Waals surface area contributed by atoms with E-state index in [0.717, 1.165) is 45.5 Å². The van der Waals surface area contributed by atoms with Crippen LogP contribution in [0.4, 0.5) is 17.1 Å². The lowest BCUT2D eigenvalue weighted by Crippen LogP contribution is -2.58. The van der Waals surface area contributed by atoms with Gasteiger partial charge in [-0.1, -0.05) is 109 Å². The quantitative estimate of drug-likeness (QED) is 0.176. The SMILES string of the molecule is Cc1ccc(N(c2ccc(C)cc2)c2cc3c(c4ccccc24)-c2cc4c5c(c2C3(C)C)Oc2ccc(C)cc2B5c2cc(C)ccc2O4)cc1. The minimum absolute atomic E-state index is 0.0259. The molecule has 0 spiro atoms. The molecule has 7 aromatic carbocycles. The summed E-state index contributed by atoms with van der Waals surface area (Å²) in [5, 5.41) is 2.43. The molecule has 10 rings (SSSR count). The predicted octanol–water partition coefficient (Wildman–Crippen LogP) is 10.6. The first-order valence-electron chi connectivity index (χ1n) is 18.0. The number of hydrogen-bond donors (Lipinski definition) is 0. The molecule has 0 radical (unpaired) electrons. The second-order valence-corrected chi connectivity index (χ2v) is 15.3. The highest BCUT2D eigenvalue weighted by molar-refractivity contribution is 6.98. The van der Waals surface area contributed by atoms with E-state index in [-0.39, 0.29) is 12.1 Å². The minimum Gasteiger partial charge on any atom is -0.458 e. The number of nitrogens with zero attached hydrogens (tertiary/aromatic N) is 1. The molecule has 0 aromatic heterocycles. The first-order valence-corrected chi connectivity index (χ1v) is 18.0. The van der Waals surface area contributed by atoms with Gasteiger partial charge in [-0.05, 0) is 109 Å². The minimum atomic E-state index is -0.361. The van der Waals surface area contributed by atoms with Gasteiger partial charge in [0.05, 0.1) is 5.69 Å². The normalized spacial score (nSPS) is 14.1. The molecular weight excluding hydrogens is 621 g/mol.